The van der Waals surface area contributed by atoms with Gasteiger partial charge in [0.05, 0.1) is 30.8 Å². The van der Waals surface area contributed by atoms with Crippen molar-refractivity contribution in [2.24, 2.45) is 5.92 Å². The summed E-state index contributed by atoms with van der Waals surface area (Å²) < 4.78 is 13.0. The van der Waals surface area contributed by atoms with Crippen molar-refractivity contribution >= 4 is 35.1 Å². The quantitative estimate of drug-likeness (QED) is 0.131. The van der Waals surface area contributed by atoms with Crippen molar-refractivity contribution in [1.29, 1.82) is 0 Å². The Labute approximate surface area is 265 Å². The van der Waals surface area contributed by atoms with Crippen molar-refractivity contribution in [2.75, 3.05) is 11.1 Å². The average molecular weight is 627 g/mol. The monoisotopic (exact) mass is 626 g/mol. The van der Waals surface area contributed by atoms with Crippen molar-refractivity contribution in [2.45, 2.75) is 50.4 Å². The predicted molar refractivity (Wildman–Crippen MR) is 170 cm³/mol. The van der Waals surface area contributed by atoms with E-state index in [1.54, 1.807) is 36.5 Å². The Morgan fingerprint density at radius 1 is 0.911 bits per heavy atom. The Balaban J connectivity index is 1.32. The summed E-state index contributed by atoms with van der Waals surface area (Å²) in [4.78, 5) is 40.4. The topological polar surface area (TPSA) is 135 Å². The van der Waals surface area contributed by atoms with E-state index in [1.807, 2.05) is 55.5 Å². The predicted octanol–water partition coefficient (Wildman–Crippen LogP) is 6.24. The molecule has 3 N–H and O–H groups in total. The Hall–Kier alpha value is -4.35. The van der Waals surface area contributed by atoms with E-state index in [2.05, 4.69) is 10.3 Å². The molecule has 1 fully saturated rings. The number of aromatic nitrogens is 1. The SMILES string of the molecule is CC(=O)c1cccc(NC(=O)Cc2ccc(C3O[C@H](CSc4ncccc4C(=O)O)[C@H](C)[C@H](c4ccc(CO)cc4)O3)cc2)c1. The van der Waals surface area contributed by atoms with Gasteiger partial charge in [0.2, 0.25) is 5.91 Å². The second-order valence-corrected chi connectivity index (χ2v) is 11.9. The number of benzene rings is 3. The standard InChI is InChI=1S/C35H34N2O7S/c1-21-30(20-45-33-29(34(41)42)7-4-16-36-33)43-35(44-32(21)25-12-10-24(19-38)11-13-25)26-14-8-23(9-15-26)17-31(40)37-28-6-3-5-27(18-28)22(2)39/h3-16,18,21,30,32,35,38H,17,19-20H2,1-2H3,(H,37,40)(H,41,42)/t21-,30+,32+,35?/m0/s1. The molecular formula is C35H34N2O7S. The first kappa shape index (κ1) is 32.1. The van der Waals surface area contributed by atoms with Crippen LogP contribution in [0.3, 0.4) is 0 Å². The molecule has 1 saturated heterocycles. The van der Waals surface area contributed by atoms with Crippen LogP contribution in [-0.4, -0.2) is 44.7 Å². The number of thioether (sulfide) groups is 1. The smallest absolute Gasteiger partial charge is 0.338 e. The Kier molecular flexibility index (Phi) is 10.4. The highest BCUT2D eigenvalue weighted by atomic mass is 32.2. The van der Waals surface area contributed by atoms with E-state index in [0.29, 0.717) is 22.0 Å². The van der Waals surface area contributed by atoms with Gasteiger partial charge in [-0.05, 0) is 47.9 Å². The zero-order chi connectivity index (χ0) is 31.9. The van der Waals surface area contributed by atoms with Gasteiger partial charge in [-0.3, -0.25) is 9.59 Å². The van der Waals surface area contributed by atoms with Crippen LogP contribution in [0.1, 0.15) is 69.2 Å². The van der Waals surface area contributed by atoms with Crippen LogP contribution in [0.4, 0.5) is 5.69 Å². The minimum atomic E-state index is -1.04. The summed E-state index contributed by atoms with van der Waals surface area (Å²) in [5.41, 5.74) is 4.53. The number of carboxylic acid groups (broad SMARTS) is 1. The number of hydrogen-bond donors (Lipinski definition) is 3. The van der Waals surface area contributed by atoms with Gasteiger partial charge in [0.15, 0.2) is 12.1 Å². The summed E-state index contributed by atoms with van der Waals surface area (Å²) in [6.07, 6.45) is 0.359. The fraction of sp³-hybridized carbons (Fsp3) is 0.257. The van der Waals surface area contributed by atoms with E-state index in [1.165, 1.54) is 24.8 Å². The van der Waals surface area contributed by atoms with Gasteiger partial charge in [0.25, 0.3) is 0 Å². The number of pyridine rings is 1. The normalized spacial score (nSPS) is 19.5. The number of hydrogen-bond acceptors (Lipinski definition) is 8. The third-order valence-corrected chi connectivity index (χ3v) is 8.77. The van der Waals surface area contributed by atoms with Gasteiger partial charge < -0.3 is 25.0 Å². The van der Waals surface area contributed by atoms with Gasteiger partial charge in [0.1, 0.15) is 5.03 Å². The summed E-state index contributed by atoms with van der Waals surface area (Å²) in [6.45, 7) is 3.46. The van der Waals surface area contributed by atoms with Crippen molar-refractivity contribution < 1.29 is 34.1 Å². The van der Waals surface area contributed by atoms with Gasteiger partial charge in [-0.1, -0.05) is 67.6 Å². The minimum absolute atomic E-state index is 0.0580. The van der Waals surface area contributed by atoms with Crippen LogP contribution in [0, 0.1) is 5.92 Å². The number of carbonyl (C=O) groups excluding carboxylic acids is 2. The summed E-state index contributed by atoms with van der Waals surface area (Å²) in [5.74, 6) is -0.955. The summed E-state index contributed by atoms with van der Waals surface area (Å²) in [5, 5.41) is 22.4. The molecule has 45 heavy (non-hydrogen) atoms. The van der Waals surface area contributed by atoms with E-state index < -0.39 is 12.3 Å². The number of anilines is 1. The van der Waals surface area contributed by atoms with Crippen molar-refractivity contribution in [3.05, 3.63) is 125 Å². The molecule has 0 radical (unpaired) electrons. The average Bonchev–Trinajstić information content (AvgIpc) is 3.05. The molecule has 3 aromatic carbocycles. The van der Waals surface area contributed by atoms with E-state index in [-0.39, 0.29) is 48.4 Å². The number of rotatable bonds is 11. The molecule has 0 bridgehead atoms. The largest absolute Gasteiger partial charge is 0.478 e. The number of carboxylic acids is 1. The summed E-state index contributed by atoms with van der Waals surface area (Å²) in [6, 6.07) is 25.0. The van der Waals surface area contributed by atoms with Gasteiger partial charge >= 0.3 is 5.97 Å². The van der Waals surface area contributed by atoms with Gasteiger partial charge in [0, 0.05) is 34.7 Å². The second-order valence-electron chi connectivity index (χ2n) is 10.9. The number of aliphatic hydroxyl groups is 1. The molecule has 1 aromatic heterocycles. The van der Waals surface area contributed by atoms with E-state index in [4.69, 9.17) is 9.47 Å². The molecule has 2 heterocycles. The number of ketones is 1. The molecule has 9 nitrogen and oxygen atoms in total. The third-order valence-electron chi connectivity index (χ3n) is 7.68. The highest BCUT2D eigenvalue weighted by molar-refractivity contribution is 7.99. The summed E-state index contributed by atoms with van der Waals surface area (Å²) >= 11 is 1.33. The summed E-state index contributed by atoms with van der Waals surface area (Å²) in [7, 11) is 0. The van der Waals surface area contributed by atoms with E-state index in [0.717, 1.165) is 22.3 Å². The fourth-order valence-corrected chi connectivity index (χ4v) is 6.29. The second kappa shape index (κ2) is 14.6. The van der Waals surface area contributed by atoms with Crippen LogP contribution >= 0.6 is 11.8 Å². The maximum atomic E-state index is 12.7. The number of aromatic carboxylic acids is 1. The van der Waals surface area contributed by atoms with Crippen LogP contribution < -0.4 is 5.32 Å². The lowest BCUT2D eigenvalue weighted by Gasteiger charge is -2.41. The number of aliphatic hydroxyl groups excluding tert-OH is 1. The number of amides is 1. The highest BCUT2D eigenvalue weighted by Gasteiger charge is 2.38. The molecule has 0 spiro atoms. The maximum Gasteiger partial charge on any atom is 0.338 e. The lowest BCUT2D eigenvalue weighted by molar-refractivity contribution is -0.268. The molecule has 0 aliphatic carbocycles. The lowest BCUT2D eigenvalue weighted by atomic mass is 9.91. The van der Waals surface area contributed by atoms with Crippen LogP contribution in [0.25, 0.3) is 0 Å². The van der Waals surface area contributed by atoms with Gasteiger partial charge in [-0.2, -0.15) is 0 Å². The number of nitrogens with one attached hydrogen (secondary N) is 1. The number of carbonyl (C=O) groups is 3. The van der Waals surface area contributed by atoms with Gasteiger partial charge in [-0.15, -0.1) is 11.8 Å². The Bertz CT molecular complexity index is 1660. The number of nitrogens with zero attached hydrogens (tertiary/aromatic N) is 1. The van der Waals surface area contributed by atoms with Crippen LogP contribution in [0.15, 0.2) is 96.2 Å². The molecule has 1 unspecified atom stereocenters. The van der Waals surface area contributed by atoms with Crippen LogP contribution in [0.5, 0.6) is 0 Å². The highest BCUT2D eigenvalue weighted by Crippen LogP contribution is 2.43. The van der Waals surface area contributed by atoms with Crippen molar-refractivity contribution in [1.82, 2.24) is 4.98 Å². The van der Waals surface area contributed by atoms with Crippen molar-refractivity contribution in [3.8, 4) is 0 Å². The molecule has 4 atom stereocenters. The number of ether oxygens (including phenoxy) is 2. The minimum Gasteiger partial charge on any atom is -0.478 e. The molecule has 1 aliphatic heterocycles. The van der Waals surface area contributed by atoms with E-state index in [9.17, 15) is 24.6 Å². The molecule has 1 amide bonds. The van der Waals surface area contributed by atoms with E-state index >= 15 is 0 Å². The molecule has 232 valence electrons. The third kappa shape index (κ3) is 8.03. The van der Waals surface area contributed by atoms with Crippen molar-refractivity contribution in [3.63, 3.8) is 0 Å². The Morgan fingerprint density at radius 2 is 1.62 bits per heavy atom. The molecule has 0 saturated carbocycles. The zero-order valence-electron chi connectivity index (χ0n) is 24.9. The van der Waals surface area contributed by atoms with Crippen LogP contribution in [0.2, 0.25) is 0 Å². The van der Waals surface area contributed by atoms with Gasteiger partial charge in [-0.25, -0.2) is 9.78 Å². The first-order valence-corrected chi connectivity index (χ1v) is 15.5. The first-order valence-electron chi connectivity index (χ1n) is 14.5. The first-order chi connectivity index (χ1) is 21.7. The maximum absolute atomic E-state index is 12.7. The molecule has 4 aromatic rings. The number of Topliss-reactive ketones (excluding diaryl/α,β-unsaturated/α-hetero) is 1. The Morgan fingerprint density at radius 3 is 2.31 bits per heavy atom. The lowest BCUT2D eigenvalue weighted by Crippen LogP contribution is -2.38. The van der Waals surface area contributed by atoms with Crippen LogP contribution in [-0.2, 0) is 27.3 Å². The fourth-order valence-electron chi connectivity index (χ4n) is 5.14. The molecular weight excluding hydrogens is 592 g/mol. The zero-order valence-corrected chi connectivity index (χ0v) is 25.7. The molecule has 10 heteroatoms. The molecule has 1 aliphatic rings. The molecule has 5 rings (SSSR count).